The first-order chi connectivity index (χ1) is 15.5. The van der Waals surface area contributed by atoms with Crippen LogP contribution in [0.15, 0.2) is 72.8 Å². The molecule has 1 aromatic heterocycles. The minimum absolute atomic E-state index is 0.0725. The zero-order valence-electron chi connectivity index (χ0n) is 17.6. The van der Waals surface area contributed by atoms with Crippen molar-refractivity contribution in [3.63, 3.8) is 0 Å². The van der Waals surface area contributed by atoms with Crippen LogP contribution in [0.4, 0.5) is 10.1 Å². The predicted octanol–water partition coefficient (Wildman–Crippen LogP) is 4.75. The maximum atomic E-state index is 13.4. The summed E-state index contributed by atoms with van der Waals surface area (Å²) < 4.78 is 13.4. The van der Waals surface area contributed by atoms with Crippen LogP contribution in [0.3, 0.4) is 0 Å². The van der Waals surface area contributed by atoms with Crippen molar-refractivity contribution in [2.75, 3.05) is 11.9 Å². The Morgan fingerprint density at radius 3 is 2.50 bits per heavy atom. The quantitative estimate of drug-likeness (QED) is 0.444. The van der Waals surface area contributed by atoms with Crippen molar-refractivity contribution < 1.29 is 14.0 Å². The molecule has 162 valence electrons. The number of amides is 2. The molecule has 4 aromatic rings. The van der Waals surface area contributed by atoms with Gasteiger partial charge >= 0.3 is 0 Å². The van der Waals surface area contributed by atoms with Crippen LogP contribution in [-0.2, 0) is 16.1 Å². The van der Waals surface area contributed by atoms with Crippen molar-refractivity contribution in [2.24, 2.45) is 0 Å². The summed E-state index contributed by atoms with van der Waals surface area (Å²) in [6.07, 6.45) is 0.198. The Hall–Kier alpha value is -4.00. The van der Waals surface area contributed by atoms with Crippen molar-refractivity contribution in [3.8, 4) is 11.4 Å². The average molecular weight is 430 g/mol. The molecule has 1 heterocycles. The molecule has 0 spiro atoms. The smallest absolute Gasteiger partial charge is 0.226 e. The normalized spacial score (nSPS) is 10.8. The van der Waals surface area contributed by atoms with E-state index in [1.165, 1.54) is 19.1 Å². The molecule has 0 aliphatic carbocycles. The van der Waals surface area contributed by atoms with Gasteiger partial charge in [0.1, 0.15) is 11.6 Å². The Morgan fingerprint density at radius 2 is 1.78 bits per heavy atom. The lowest BCUT2D eigenvalue weighted by Gasteiger charge is -2.21. The molecule has 2 N–H and O–H groups in total. The summed E-state index contributed by atoms with van der Waals surface area (Å²) in [4.78, 5) is 33.6. The van der Waals surface area contributed by atoms with Gasteiger partial charge in [0.05, 0.1) is 11.0 Å². The standard InChI is InChI=1S/C25H23FN4O2/c1-17(31)30(16-18-5-3-2-4-6-18)14-13-24(32)27-21-10-7-19(8-11-21)25-28-22-12-9-20(26)15-23(22)29-25/h2-12,15H,13-14,16H2,1H3,(H,27,32)(H,28,29). The summed E-state index contributed by atoms with van der Waals surface area (Å²) in [6.45, 7) is 2.31. The Kier molecular flexibility index (Phi) is 6.26. The van der Waals surface area contributed by atoms with Gasteiger partial charge in [0, 0.05) is 37.7 Å². The van der Waals surface area contributed by atoms with Crippen LogP contribution in [0.2, 0.25) is 0 Å². The molecular formula is C25H23FN4O2. The predicted molar refractivity (Wildman–Crippen MR) is 122 cm³/mol. The highest BCUT2D eigenvalue weighted by molar-refractivity contribution is 5.91. The van der Waals surface area contributed by atoms with Crippen LogP contribution in [0.5, 0.6) is 0 Å². The molecule has 4 rings (SSSR count). The maximum Gasteiger partial charge on any atom is 0.226 e. The number of hydrogen-bond donors (Lipinski definition) is 2. The molecule has 2 amide bonds. The van der Waals surface area contributed by atoms with E-state index < -0.39 is 0 Å². The number of hydrogen-bond acceptors (Lipinski definition) is 3. The van der Waals surface area contributed by atoms with Crippen LogP contribution in [0, 0.1) is 5.82 Å². The highest BCUT2D eigenvalue weighted by Crippen LogP contribution is 2.22. The van der Waals surface area contributed by atoms with E-state index in [4.69, 9.17) is 0 Å². The number of aromatic amines is 1. The fourth-order valence-electron chi connectivity index (χ4n) is 3.44. The molecule has 0 aliphatic heterocycles. The number of aromatic nitrogens is 2. The molecule has 0 aliphatic rings. The van der Waals surface area contributed by atoms with E-state index in [1.54, 1.807) is 23.1 Å². The second kappa shape index (κ2) is 9.43. The van der Waals surface area contributed by atoms with Crippen LogP contribution >= 0.6 is 0 Å². The molecule has 0 unspecified atom stereocenters. The molecule has 3 aromatic carbocycles. The lowest BCUT2D eigenvalue weighted by Crippen LogP contribution is -2.31. The molecule has 0 saturated heterocycles. The second-order valence-electron chi connectivity index (χ2n) is 7.55. The third-order valence-electron chi connectivity index (χ3n) is 5.16. The molecule has 0 bridgehead atoms. The third kappa shape index (κ3) is 5.18. The summed E-state index contributed by atoms with van der Waals surface area (Å²) >= 11 is 0. The van der Waals surface area contributed by atoms with Gasteiger partial charge in [-0.1, -0.05) is 30.3 Å². The molecular weight excluding hydrogens is 407 g/mol. The van der Waals surface area contributed by atoms with Gasteiger partial charge in [0.25, 0.3) is 0 Å². The second-order valence-corrected chi connectivity index (χ2v) is 7.55. The molecule has 7 heteroatoms. The molecule has 6 nitrogen and oxygen atoms in total. The highest BCUT2D eigenvalue weighted by atomic mass is 19.1. The van der Waals surface area contributed by atoms with Gasteiger partial charge in [-0.15, -0.1) is 0 Å². The fraction of sp³-hybridized carbons (Fsp3) is 0.160. The van der Waals surface area contributed by atoms with Gasteiger partial charge < -0.3 is 15.2 Å². The lowest BCUT2D eigenvalue weighted by atomic mass is 10.2. The number of fused-ring (bicyclic) bond motifs is 1. The fourth-order valence-corrected chi connectivity index (χ4v) is 3.44. The molecule has 0 atom stereocenters. The van der Waals surface area contributed by atoms with Crippen molar-refractivity contribution in [1.29, 1.82) is 0 Å². The minimum atomic E-state index is -0.321. The Bertz CT molecular complexity index is 1240. The van der Waals surface area contributed by atoms with Gasteiger partial charge in [-0.2, -0.15) is 0 Å². The largest absolute Gasteiger partial charge is 0.338 e. The molecule has 0 radical (unpaired) electrons. The number of anilines is 1. The summed E-state index contributed by atoms with van der Waals surface area (Å²) in [6, 6.07) is 21.3. The van der Waals surface area contributed by atoms with Crippen molar-refractivity contribution >= 4 is 28.5 Å². The summed E-state index contributed by atoms with van der Waals surface area (Å²) in [5.74, 6) is 0.0624. The highest BCUT2D eigenvalue weighted by Gasteiger charge is 2.12. The maximum absolute atomic E-state index is 13.4. The first-order valence-corrected chi connectivity index (χ1v) is 10.3. The number of nitrogens with zero attached hydrogens (tertiary/aromatic N) is 2. The number of benzene rings is 3. The zero-order chi connectivity index (χ0) is 22.5. The number of halogens is 1. The number of carbonyl (C=O) groups is 2. The third-order valence-corrected chi connectivity index (χ3v) is 5.16. The van der Waals surface area contributed by atoms with E-state index in [2.05, 4.69) is 15.3 Å². The van der Waals surface area contributed by atoms with Crippen LogP contribution in [-0.4, -0.2) is 33.2 Å². The summed E-state index contributed by atoms with van der Waals surface area (Å²) in [5.41, 5.74) is 3.81. The summed E-state index contributed by atoms with van der Waals surface area (Å²) in [5, 5.41) is 2.86. The Labute approximate surface area is 185 Å². The SMILES string of the molecule is CC(=O)N(CCC(=O)Nc1ccc(-c2nc3ccc(F)cc3[nH]2)cc1)Cc1ccccc1. The topological polar surface area (TPSA) is 78.1 Å². The van der Waals surface area contributed by atoms with Crippen LogP contribution in [0.25, 0.3) is 22.4 Å². The van der Waals surface area contributed by atoms with E-state index in [-0.39, 0.29) is 24.1 Å². The van der Waals surface area contributed by atoms with Gasteiger partial charge in [0.2, 0.25) is 11.8 Å². The van der Waals surface area contributed by atoms with E-state index in [1.807, 2.05) is 42.5 Å². The summed E-state index contributed by atoms with van der Waals surface area (Å²) in [7, 11) is 0. The first-order valence-electron chi connectivity index (χ1n) is 10.3. The van der Waals surface area contributed by atoms with Gasteiger partial charge in [-0.25, -0.2) is 9.37 Å². The minimum Gasteiger partial charge on any atom is -0.338 e. The first kappa shape index (κ1) is 21.2. The number of rotatable bonds is 7. The number of imidazole rings is 1. The van der Waals surface area contributed by atoms with E-state index >= 15 is 0 Å². The van der Waals surface area contributed by atoms with E-state index in [0.717, 1.165) is 11.1 Å². The average Bonchev–Trinajstić information content (AvgIpc) is 3.21. The Morgan fingerprint density at radius 1 is 1.03 bits per heavy atom. The van der Waals surface area contributed by atoms with Crippen molar-refractivity contribution in [1.82, 2.24) is 14.9 Å². The molecule has 0 saturated carbocycles. The Balaban J connectivity index is 1.35. The van der Waals surface area contributed by atoms with Gasteiger partial charge in [0.15, 0.2) is 0 Å². The zero-order valence-corrected chi connectivity index (χ0v) is 17.6. The number of nitrogens with one attached hydrogen (secondary N) is 2. The van der Waals surface area contributed by atoms with Gasteiger partial charge in [-0.3, -0.25) is 9.59 Å². The van der Waals surface area contributed by atoms with E-state index in [9.17, 15) is 14.0 Å². The lowest BCUT2D eigenvalue weighted by molar-refractivity contribution is -0.129. The molecule has 32 heavy (non-hydrogen) atoms. The van der Waals surface area contributed by atoms with Crippen molar-refractivity contribution in [2.45, 2.75) is 19.9 Å². The number of H-pyrrole nitrogens is 1. The van der Waals surface area contributed by atoms with E-state index in [0.29, 0.717) is 35.6 Å². The van der Waals surface area contributed by atoms with Crippen LogP contribution < -0.4 is 5.32 Å². The van der Waals surface area contributed by atoms with Crippen LogP contribution in [0.1, 0.15) is 18.9 Å². The monoisotopic (exact) mass is 430 g/mol. The molecule has 0 fully saturated rings. The van der Waals surface area contributed by atoms with Crippen molar-refractivity contribution in [3.05, 3.63) is 84.2 Å². The van der Waals surface area contributed by atoms with Gasteiger partial charge in [-0.05, 0) is 48.0 Å². The number of carbonyl (C=O) groups excluding carboxylic acids is 2.